The number of halogens is 1. The summed E-state index contributed by atoms with van der Waals surface area (Å²) in [5, 5.41) is 24.0. The van der Waals surface area contributed by atoms with E-state index in [2.05, 4.69) is 12.2 Å². The molecule has 0 radical (unpaired) electrons. The van der Waals surface area contributed by atoms with Gasteiger partial charge in [-0.2, -0.15) is 0 Å². The van der Waals surface area contributed by atoms with Crippen LogP contribution in [0.5, 0.6) is 11.5 Å². The zero-order valence-electron chi connectivity index (χ0n) is 12.2. The molecule has 2 aromatic rings. The third-order valence-corrected chi connectivity index (χ3v) is 3.84. The minimum atomic E-state index is -0.185. The van der Waals surface area contributed by atoms with Crippen molar-refractivity contribution in [2.24, 2.45) is 0 Å². The van der Waals surface area contributed by atoms with Gasteiger partial charge >= 0.3 is 0 Å². The first-order valence-corrected chi connectivity index (χ1v) is 7.43. The Morgan fingerprint density at radius 1 is 1.10 bits per heavy atom. The molecule has 0 bridgehead atoms. The van der Waals surface area contributed by atoms with Crippen LogP contribution in [-0.2, 0) is 0 Å². The number of hydrogen-bond acceptors (Lipinski definition) is 3. The maximum Gasteiger partial charge on any atom is 0.124 e. The van der Waals surface area contributed by atoms with Gasteiger partial charge in [-0.3, -0.25) is 0 Å². The van der Waals surface area contributed by atoms with Gasteiger partial charge in [0.1, 0.15) is 11.5 Å². The lowest BCUT2D eigenvalue weighted by Crippen LogP contribution is -2.24. The highest BCUT2D eigenvalue weighted by Gasteiger charge is 2.19. The number of phenols is 2. The Hall–Kier alpha value is -1.71. The highest BCUT2D eigenvalue weighted by atomic mass is 35.5. The first-order chi connectivity index (χ1) is 10.0. The fraction of sp³-hybridized carbons (Fsp3) is 0.294. The second-order valence-electron chi connectivity index (χ2n) is 5.11. The summed E-state index contributed by atoms with van der Waals surface area (Å²) in [6.45, 7) is 4.00. The largest absolute Gasteiger partial charge is 0.507 e. The number of hydrogen-bond donors (Lipinski definition) is 3. The van der Waals surface area contributed by atoms with Crippen molar-refractivity contribution < 1.29 is 10.2 Å². The SMILES string of the molecule is CCC(NC(C)c1c(O)cccc1O)c1cccc(Cl)c1. The molecule has 2 unspecified atom stereocenters. The molecule has 0 aliphatic heterocycles. The molecule has 0 aromatic heterocycles. The van der Waals surface area contributed by atoms with Crippen LogP contribution in [0.4, 0.5) is 0 Å². The Bertz CT molecular complexity index is 595. The van der Waals surface area contributed by atoms with Gasteiger partial charge in [0, 0.05) is 17.1 Å². The van der Waals surface area contributed by atoms with Gasteiger partial charge in [0.25, 0.3) is 0 Å². The molecule has 0 saturated carbocycles. The summed E-state index contributed by atoms with van der Waals surface area (Å²) in [4.78, 5) is 0. The highest BCUT2D eigenvalue weighted by molar-refractivity contribution is 6.30. The molecule has 2 rings (SSSR count). The quantitative estimate of drug-likeness (QED) is 0.759. The summed E-state index contributed by atoms with van der Waals surface area (Å²) in [5.74, 6) is 0.187. The van der Waals surface area contributed by atoms with Crippen LogP contribution in [-0.4, -0.2) is 10.2 Å². The Balaban J connectivity index is 2.22. The maximum absolute atomic E-state index is 9.94. The minimum absolute atomic E-state index is 0.0935. The van der Waals surface area contributed by atoms with E-state index in [9.17, 15) is 10.2 Å². The molecule has 3 nitrogen and oxygen atoms in total. The van der Waals surface area contributed by atoms with Crippen LogP contribution < -0.4 is 5.32 Å². The lowest BCUT2D eigenvalue weighted by molar-refractivity contribution is 0.397. The lowest BCUT2D eigenvalue weighted by Gasteiger charge is -2.24. The van der Waals surface area contributed by atoms with Crippen molar-refractivity contribution >= 4 is 11.6 Å². The number of nitrogens with one attached hydrogen (secondary N) is 1. The molecule has 112 valence electrons. The third-order valence-electron chi connectivity index (χ3n) is 3.60. The van der Waals surface area contributed by atoms with Crippen molar-refractivity contribution in [3.05, 3.63) is 58.6 Å². The Kier molecular flexibility index (Phi) is 5.10. The molecule has 21 heavy (non-hydrogen) atoms. The Labute approximate surface area is 130 Å². The van der Waals surface area contributed by atoms with Gasteiger partial charge in [0.15, 0.2) is 0 Å². The van der Waals surface area contributed by atoms with Gasteiger partial charge in [-0.25, -0.2) is 0 Å². The average Bonchev–Trinajstić information content (AvgIpc) is 2.44. The number of benzene rings is 2. The Morgan fingerprint density at radius 3 is 2.29 bits per heavy atom. The van der Waals surface area contributed by atoms with E-state index in [0.717, 1.165) is 12.0 Å². The van der Waals surface area contributed by atoms with Gasteiger partial charge in [-0.1, -0.05) is 36.7 Å². The summed E-state index contributed by atoms with van der Waals surface area (Å²) < 4.78 is 0. The molecule has 4 heteroatoms. The van der Waals surface area contributed by atoms with Crippen molar-refractivity contribution in [3.63, 3.8) is 0 Å². The number of rotatable bonds is 5. The number of phenolic OH excluding ortho intramolecular Hbond substituents is 2. The first-order valence-electron chi connectivity index (χ1n) is 7.05. The lowest BCUT2D eigenvalue weighted by atomic mass is 10.0. The van der Waals surface area contributed by atoms with E-state index in [1.54, 1.807) is 18.2 Å². The summed E-state index contributed by atoms with van der Waals surface area (Å²) in [5.41, 5.74) is 1.60. The van der Waals surface area contributed by atoms with Crippen LogP contribution in [0.3, 0.4) is 0 Å². The summed E-state index contributed by atoms with van der Waals surface area (Å²) in [7, 11) is 0. The van der Waals surface area contributed by atoms with Crippen LogP contribution in [0.1, 0.15) is 43.5 Å². The fourth-order valence-electron chi connectivity index (χ4n) is 2.54. The van der Waals surface area contributed by atoms with Gasteiger partial charge in [0.2, 0.25) is 0 Å². The first kappa shape index (κ1) is 15.7. The average molecular weight is 306 g/mol. The van der Waals surface area contributed by atoms with Crippen molar-refractivity contribution in [3.8, 4) is 11.5 Å². The molecule has 3 N–H and O–H groups in total. The molecule has 0 heterocycles. The van der Waals surface area contributed by atoms with Crippen molar-refractivity contribution in [1.82, 2.24) is 5.32 Å². The van der Waals surface area contributed by atoms with Crippen LogP contribution in [0.25, 0.3) is 0 Å². The van der Waals surface area contributed by atoms with E-state index < -0.39 is 0 Å². The summed E-state index contributed by atoms with van der Waals surface area (Å²) in [6.07, 6.45) is 0.874. The zero-order chi connectivity index (χ0) is 15.4. The Morgan fingerprint density at radius 2 is 1.71 bits per heavy atom. The van der Waals surface area contributed by atoms with E-state index >= 15 is 0 Å². The van der Waals surface area contributed by atoms with E-state index in [1.807, 2.05) is 31.2 Å². The van der Waals surface area contributed by atoms with Crippen LogP contribution in [0, 0.1) is 0 Å². The number of aromatic hydroxyl groups is 2. The van der Waals surface area contributed by atoms with Gasteiger partial charge in [-0.15, -0.1) is 0 Å². The van der Waals surface area contributed by atoms with Gasteiger partial charge < -0.3 is 15.5 Å². The van der Waals surface area contributed by atoms with E-state index in [1.165, 1.54) is 0 Å². The second kappa shape index (κ2) is 6.83. The maximum atomic E-state index is 9.94. The molecule has 2 atom stereocenters. The monoisotopic (exact) mass is 305 g/mol. The van der Waals surface area contributed by atoms with Crippen molar-refractivity contribution in [1.29, 1.82) is 0 Å². The van der Waals surface area contributed by atoms with Crippen LogP contribution in [0.2, 0.25) is 5.02 Å². The van der Waals surface area contributed by atoms with E-state index in [0.29, 0.717) is 10.6 Å². The standard InChI is InChI=1S/C17H20ClNO2/c1-3-14(12-6-4-7-13(18)10-12)19-11(2)17-15(20)8-5-9-16(17)21/h4-11,14,19-21H,3H2,1-2H3. The smallest absolute Gasteiger partial charge is 0.124 e. The van der Waals surface area contributed by atoms with Gasteiger partial charge in [0.05, 0.1) is 5.56 Å². The molecule has 0 amide bonds. The van der Waals surface area contributed by atoms with E-state index in [4.69, 9.17) is 11.6 Å². The normalized spacial score (nSPS) is 13.9. The fourth-order valence-corrected chi connectivity index (χ4v) is 2.74. The second-order valence-corrected chi connectivity index (χ2v) is 5.55. The van der Waals surface area contributed by atoms with Crippen LogP contribution >= 0.6 is 11.6 Å². The molecular weight excluding hydrogens is 286 g/mol. The minimum Gasteiger partial charge on any atom is -0.507 e. The molecule has 0 saturated heterocycles. The summed E-state index contributed by atoms with van der Waals surface area (Å²) >= 11 is 6.04. The molecule has 0 aliphatic carbocycles. The molecule has 0 fully saturated rings. The molecule has 0 spiro atoms. The zero-order valence-corrected chi connectivity index (χ0v) is 12.9. The molecular formula is C17H20ClNO2. The third kappa shape index (κ3) is 3.69. The highest BCUT2D eigenvalue weighted by Crippen LogP contribution is 2.34. The van der Waals surface area contributed by atoms with Gasteiger partial charge in [-0.05, 0) is 43.2 Å². The molecule has 2 aromatic carbocycles. The molecule has 0 aliphatic rings. The van der Waals surface area contributed by atoms with Crippen LogP contribution in [0.15, 0.2) is 42.5 Å². The van der Waals surface area contributed by atoms with E-state index in [-0.39, 0.29) is 23.6 Å². The van der Waals surface area contributed by atoms with Crippen molar-refractivity contribution in [2.75, 3.05) is 0 Å². The van der Waals surface area contributed by atoms with Crippen molar-refractivity contribution in [2.45, 2.75) is 32.4 Å². The predicted octanol–water partition coefficient (Wildman–Crippen LogP) is 4.55. The summed E-state index contributed by atoms with van der Waals surface area (Å²) in [6, 6.07) is 12.4. The topological polar surface area (TPSA) is 52.5 Å². The predicted molar refractivity (Wildman–Crippen MR) is 85.8 cm³/mol.